The zero-order chi connectivity index (χ0) is 11.4. The SMILES string of the molecule is CC(Cc1cccc(C(C)O)c1)C(=O)O. The lowest BCUT2D eigenvalue weighted by Gasteiger charge is -2.09. The first-order valence-electron chi connectivity index (χ1n) is 5.00. The van der Waals surface area contributed by atoms with Crippen LogP contribution in [0.15, 0.2) is 24.3 Å². The van der Waals surface area contributed by atoms with Crippen molar-refractivity contribution in [2.24, 2.45) is 5.92 Å². The van der Waals surface area contributed by atoms with E-state index in [0.717, 1.165) is 11.1 Å². The zero-order valence-electron chi connectivity index (χ0n) is 8.97. The third-order valence-electron chi connectivity index (χ3n) is 2.40. The highest BCUT2D eigenvalue weighted by Crippen LogP contribution is 2.16. The van der Waals surface area contributed by atoms with Gasteiger partial charge in [-0.3, -0.25) is 4.79 Å². The maximum atomic E-state index is 10.7. The summed E-state index contributed by atoms with van der Waals surface area (Å²) in [6.45, 7) is 3.37. The number of hydrogen-bond donors (Lipinski definition) is 2. The summed E-state index contributed by atoms with van der Waals surface area (Å²) in [5.74, 6) is -1.19. The molecule has 3 nitrogen and oxygen atoms in total. The molecule has 0 heterocycles. The largest absolute Gasteiger partial charge is 0.481 e. The van der Waals surface area contributed by atoms with Crippen molar-refractivity contribution in [1.29, 1.82) is 0 Å². The van der Waals surface area contributed by atoms with Crippen molar-refractivity contribution < 1.29 is 15.0 Å². The van der Waals surface area contributed by atoms with Gasteiger partial charge in [0.05, 0.1) is 12.0 Å². The Morgan fingerprint density at radius 1 is 1.40 bits per heavy atom. The Hall–Kier alpha value is -1.35. The summed E-state index contributed by atoms with van der Waals surface area (Å²) < 4.78 is 0. The smallest absolute Gasteiger partial charge is 0.306 e. The summed E-state index contributed by atoms with van der Waals surface area (Å²) in [6, 6.07) is 7.40. The molecular formula is C12H16O3. The highest BCUT2D eigenvalue weighted by molar-refractivity contribution is 5.69. The molecular weight excluding hydrogens is 192 g/mol. The van der Waals surface area contributed by atoms with E-state index in [9.17, 15) is 9.90 Å². The molecule has 0 saturated heterocycles. The lowest BCUT2D eigenvalue weighted by atomic mass is 9.98. The summed E-state index contributed by atoms with van der Waals surface area (Å²) in [5.41, 5.74) is 1.77. The molecule has 2 atom stereocenters. The third kappa shape index (κ3) is 3.36. The minimum atomic E-state index is -0.794. The number of carbonyl (C=O) groups is 1. The quantitative estimate of drug-likeness (QED) is 0.795. The van der Waals surface area contributed by atoms with Crippen LogP contribution in [-0.4, -0.2) is 16.2 Å². The molecule has 0 fully saturated rings. The van der Waals surface area contributed by atoms with Crippen LogP contribution in [0, 0.1) is 5.92 Å². The van der Waals surface area contributed by atoms with Crippen LogP contribution in [0.5, 0.6) is 0 Å². The van der Waals surface area contributed by atoms with E-state index < -0.39 is 18.0 Å². The topological polar surface area (TPSA) is 57.5 Å². The molecule has 2 unspecified atom stereocenters. The van der Waals surface area contributed by atoms with Crippen LogP contribution in [0.4, 0.5) is 0 Å². The average molecular weight is 208 g/mol. The second kappa shape index (κ2) is 4.94. The van der Waals surface area contributed by atoms with Gasteiger partial charge in [-0.15, -0.1) is 0 Å². The van der Waals surface area contributed by atoms with Gasteiger partial charge >= 0.3 is 5.97 Å². The van der Waals surface area contributed by atoms with Gasteiger partial charge in [-0.2, -0.15) is 0 Å². The number of benzene rings is 1. The fourth-order valence-corrected chi connectivity index (χ4v) is 1.42. The zero-order valence-corrected chi connectivity index (χ0v) is 8.97. The fourth-order valence-electron chi connectivity index (χ4n) is 1.42. The lowest BCUT2D eigenvalue weighted by Crippen LogP contribution is -2.12. The van der Waals surface area contributed by atoms with Crippen LogP contribution in [-0.2, 0) is 11.2 Å². The van der Waals surface area contributed by atoms with Gasteiger partial charge in [-0.25, -0.2) is 0 Å². The molecule has 1 rings (SSSR count). The van der Waals surface area contributed by atoms with Gasteiger partial charge < -0.3 is 10.2 Å². The molecule has 0 spiro atoms. The van der Waals surface area contributed by atoms with Crippen molar-refractivity contribution in [3.05, 3.63) is 35.4 Å². The summed E-state index contributed by atoms with van der Waals surface area (Å²) in [6.07, 6.45) is -0.0133. The fraction of sp³-hybridized carbons (Fsp3) is 0.417. The highest BCUT2D eigenvalue weighted by atomic mass is 16.4. The Morgan fingerprint density at radius 3 is 2.60 bits per heavy atom. The molecule has 0 radical (unpaired) electrons. The van der Waals surface area contributed by atoms with Gasteiger partial charge in [-0.05, 0) is 24.5 Å². The van der Waals surface area contributed by atoms with E-state index >= 15 is 0 Å². The second-order valence-corrected chi connectivity index (χ2v) is 3.86. The van der Waals surface area contributed by atoms with E-state index in [0.29, 0.717) is 6.42 Å². The van der Waals surface area contributed by atoms with Gasteiger partial charge in [0.1, 0.15) is 0 Å². The lowest BCUT2D eigenvalue weighted by molar-refractivity contribution is -0.141. The van der Waals surface area contributed by atoms with Gasteiger partial charge in [-0.1, -0.05) is 31.2 Å². The van der Waals surface area contributed by atoms with Gasteiger partial charge in [0.2, 0.25) is 0 Å². The maximum absolute atomic E-state index is 10.7. The van der Waals surface area contributed by atoms with Crippen LogP contribution < -0.4 is 0 Å². The minimum Gasteiger partial charge on any atom is -0.481 e. The maximum Gasteiger partial charge on any atom is 0.306 e. The Bertz CT molecular complexity index is 344. The number of aliphatic hydroxyl groups excluding tert-OH is 1. The van der Waals surface area contributed by atoms with E-state index in [2.05, 4.69) is 0 Å². The predicted molar refractivity (Wildman–Crippen MR) is 57.6 cm³/mol. The first kappa shape index (κ1) is 11.7. The van der Waals surface area contributed by atoms with Crippen LogP contribution in [0.2, 0.25) is 0 Å². The molecule has 2 N–H and O–H groups in total. The number of rotatable bonds is 4. The van der Waals surface area contributed by atoms with E-state index in [1.165, 1.54) is 0 Å². The summed E-state index contributed by atoms with van der Waals surface area (Å²) >= 11 is 0. The van der Waals surface area contributed by atoms with Gasteiger partial charge in [0.15, 0.2) is 0 Å². The summed E-state index contributed by atoms with van der Waals surface area (Å²) in [7, 11) is 0. The van der Waals surface area contributed by atoms with Crippen molar-refractivity contribution in [3.8, 4) is 0 Å². The third-order valence-corrected chi connectivity index (χ3v) is 2.40. The predicted octanol–water partition coefficient (Wildman–Crippen LogP) is 2.00. The molecule has 1 aromatic carbocycles. The number of carboxylic acids is 1. The summed E-state index contributed by atoms with van der Waals surface area (Å²) in [4.78, 5) is 10.7. The second-order valence-electron chi connectivity index (χ2n) is 3.86. The van der Waals surface area contributed by atoms with Crippen molar-refractivity contribution in [2.75, 3.05) is 0 Å². The first-order valence-corrected chi connectivity index (χ1v) is 5.00. The molecule has 0 aliphatic rings. The number of aliphatic hydroxyl groups is 1. The molecule has 0 aromatic heterocycles. The molecule has 0 aliphatic heterocycles. The Morgan fingerprint density at radius 2 is 2.07 bits per heavy atom. The van der Waals surface area contributed by atoms with E-state index in [4.69, 9.17) is 5.11 Å². The normalized spacial score (nSPS) is 14.6. The monoisotopic (exact) mass is 208 g/mol. The molecule has 0 saturated carbocycles. The summed E-state index contributed by atoms with van der Waals surface area (Å²) in [5, 5.41) is 18.1. The standard InChI is InChI=1S/C12H16O3/c1-8(12(14)15)6-10-4-3-5-11(7-10)9(2)13/h3-5,7-9,13H,6H2,1-2H3,(H,14,15). The molecule has 1 aromatic rings. The number of hydrogen-bond acceptors (Lipinski definition) is 2. The van der Waals surface area contributed by atoms with E-state index in [1.807, 2.05) is 24.3 Å². The van der Waals surface area contributed by atoms with Gasteiger partial charge in [0, 0.05) is 0 Å². The van der Waals surface area contributed by atoms with Crippen LogP contribution in [0.1, 0.15) is 31.1 Å². The van der Waals surface area contributed by atoms with Crippen molar-refractivity contribution in [2.45, 2.75) is 26.4 Å². The first-order chi connectivity index (χ1) is 7.00. The van der Waals surface area contributed by atoms with Crippen molar-refractivity contribution >= 4 is 5.97 Å². The molecule has 0 amide bonds. The molecule has 0 aliphatic carbocycles. The van der Waals surface area contributed by atoms with E-state index in [-0.39, 0.29) is 0 Å². The van der Waals surface area contributed by atoms with Crippen LogP contribution in [0.25, 0.3) is 0 Å². The van der Waals surface area contributed by atoms with Gasteiger partial charge in [0.25, 0.3) is 0 Å². The van der Waals surface area contributed by atoms with Crippen molar-refractivity contribution in [3.63, 3.8) is 0 Å². The molecule has 82 valence electrons. The highest BCUT2D eigenvalue weighted by Gasteiger charge is 2.12. The Labute approximate surface area is 89.4 Å². The van der Waals surface area contributed by atoms with Crippen LogP contribution in [0.3, 0.4) is 0 Å². The molecule has 3 heteroatoms. The number of carboxylic acid groups (broad SMARTS) is 1. The van der Waals surface area contributed by atoms with Crippen LogP contribution >= 0.6 is 0 Å². The Kier molecular flexibility index (Phi) is 3.86. The number of aliphatic carboxylic acids is 1. The Balaban J connectivity index is 2.78. The molecule has 15 heavy (non-hydrogen) atoms. The average Bonchev–Trinajstić information content (AvgIpc) is 2.18. The molecule has 0 bridgehead atoms. The van der Waals surface area contributed by atoms with Crippen molar-refractivity contribution in [1.82, 2.24) is 0 Å². The van der Waals surface area contributed by atoms with E-state index in [1.54, 1.807) is 13.8 Å². The minimum absolute atomic E-state index is 0.394.